The lowest BCUT2D eigenvalue weighted by Gasteiger charge is -2.08. The average molecular weight is 335 g/mol. The molecule has 0 spiro atoms. The number of nitrogens with one attached hydrogen (secondary N) is 1. The predicted molar refractivity (Wildman–Crippen MR) is 66.2 cm³/mol. The van der Waals surface area contributed by atoms with Gasteiger partial charge in [0.25, 0.3) is 0 Å². The van der Waals surface area contributed by atoms with Gasteiger partial charge in [0.1, 0.15) is 0 Å². The number of rotatable bonds is 4. The molecule has 7 heteroatoms. The third-order valence-electron chi connectivity index (χ3n) is 1.62. The maximum atomic E-state index is 11.8. The molecule has 0 amide bonds. The fourth-order valence-electron chi connectivity index (χ4n) is 0.968. The number of hydrogen-bond donors (Lipinski definition) is 1. The van der Waals surface area contributed by atoms with Crippen LogP contribution < -0.4 is 5.32 Å². The number of hydrogen-bond acceptors (Lipinski definition) is 2. The van der Waals surface area contributed by atoms with E-state index in [9.17, 15) is 13.2 Å². The second-order valence-corrected chi connectivity index (χ2v) is 5.27. The summed E-state index contributed by atoms with van der Waals surface area (Å²) in [4.78, 5) is 0. The van der Waals surface area contributed by atoms with Crippen LogP contribution in [-0.4, -0.2) is 17.8 Å². The fourth-order valence-corrected chi connectivity index (χ4v) is 1.90. The van der Waals surface area contributed by atoms with Gasteiger partial charge in [0.15, 0.2) is 0 Å². The van der Waals surface area contributed by atoms with Gasteiger partial charge in [-0.2, -0.15) is 13.2 Å². The van der Waals surface area contributed by atoms with E-state index in [1.165, 1.54) is 0 Å². The second-order valence-electron chi connectivity index (χ2n) is 2.85. The number of anilines is 1. The molecule has 0 aliphatic heterocycles. The summed E-state index contributed by atoms with van der Waals surface area (Å²) in [6.45, 7) is 0.248. The molecule has 1 rings (SSSR count). The molecular weight excluding hydrogens is 327 g/mol. The van der Waals surface area contributed by atoms with Crippen LogP contribution in [0.5, 0.6) is 0 Å². The maximum absolute atomic E-state index is 11.8. The van der Waals surface area contributed by atoms with Crippen molar-refractivity contribution in [3.8, 4) is 0 Å². The molecule has 0 saturated carbocycles. The molecule has 0 atom stereocenters. The monoisotopic (exact) mass is 333 g/mol. The van der Waals surface area contributed by atoms with Crippen molar-refractivity contribution in [2.75, 3.05) is 17.6 Å². The van der Waals surface area contributed by atoms with E-state index in [2.05, 4.69) is 21.2 Å². The Morgan fingerprint density at radius 1 is 1.38 bits per heavy atom. The smallest absolute Gasteiger partial charge is 0.384 e. The van der Waals surface area contributed by atoms with Crippen LogP contribution in [0.15, 0.2) is 22.7 Å². The van der Waals surface area contributed by atoms with Crippen molar-refractivity contribution >= 4 is 45.0 Å². The highest BCUT2D eigenvalue weighted by atomic mass is 79.9. The second kappa shape index (κ2) is 6.02. The minimum Gasteiger partial charge on any atom is -0.384 e. The summed E-state index contributed by atoms with van der Waals surface area (Å²) in [5.74, 6) is -0.0241. The van der Waals surface area contributed by atoms with Crippen molar-refractivity contribution in [2.24, 2.45) is 0 Å². The van der Waals surface area contributed by atoms with Crippen LogP contribution in [0.1, 0.15) is 0 Å². The third-order valence-corrected chi connectivity index (χ3v) is 3.57. The fraction of sp³-hybridized carbons (Fsp3) is 0.333. The third kappa shape index (κ3) is 5.32. The first-order chi connectivity index (χ1) is 7.38. The number of alkyl halides is 3. The molecule has 1 nitrogen and oxygen atoms in total. The van der Waals surface area contributed by atoms with E-state index in [-0.39, 0.29) is 24.1 Å². The van der Waals surface area contributed by atoms with Gasteiger partial charge in [0, 0.05) is 22.5 Å². The van der Waals surface area contributed by atoms with E-state index in [0.29, 0.717) is 9.50 Å². The first-order valence-electron chi connectivity index (χ1n) is 4.28. The zero-order valence-electron chi connectivity index (χ0n) is 7.94. The van der Waals surface area contributed by atoms with Gasteiger partial charge in [-0.25, -0.2) is 0 Å². The van der Waals surface area contributed by atoms with Crippen LogP contribution in [0.25, 0.3) is 0 Å². The van der Waals surface area contributed by atoms with Crippen LogP contribution in [0.3, 0.4) is 0 Å². The van der Waals surface area contributed by atoms with Gasteiger partial charge in [-0.05, 0) is 45.9 Å². The lowest BCUT2D eigenvalue weighted by Crippen LogP contribution is -2.09. The first kappa shape index (κ1) is 14.0. The Balaban J connectivity index is 2.35. The lowest BCUT2D eigenvalue weighted by atomic mass is 10.3. The summed E-state index contributed by atoms with van der Waals surface area (Å²) in [6, 6.07) is 5.11. The van der Waals surface area contributed by atoms with Gasteiger partial charge in [0.2, 0.25) is 0 Å². The predicted octanol–water partition coefficient (Wildman–Crippen LogP) is 4.77. The molecule has 0 heterocycles. The number of halogens is 5. The van der Waals surface area contributed by atoms with Crippen molar-refractivity contribution in [1.29, 1.82) is 0 Å². The van der Waals surface area contributed by atoms with Crippen molar-refractivity contribution in [3.05, 3.63) is 27.7 Å². The van der Waals surface area contributed by atoms with Crippen LogP contribution in [0, 0.1) is 0 Å². The van der Waals surface area contributed by atoms with E-state index in [4.69, 9.17) is 11.6 Å². The van der Waals surface area contributed by atoms with E-state index >= 15 is 0 Å². The molecule has 0 fully saturated rings. The summed E-state index contributed by atoms with van der Waals surface area (Å²) in [6.07, 6.45) is 0. The van der Waals surface area contributed by atoms with Gasteiger partial charge in [-0.3, -0.25) is 0 Å². The van der Waals surface area contributed by atoms with E-state index in [0.717, 1.165) is 5.69 Å². The van der Waals surface area contributed by atoms with Gasteiger partial charge < -0.3 is 5.32 Å². The molecule has 0 unspecified atom stereocenters. The average Bonchev–Trinajstić information content (AvgIpc) is 2.17. The minimum absolute atomic E-state index is 0.0241. The molecule has 1 aromatic rings. The summed E-state index contributed by atoms with van der Waals surface area (Å²) in [5.41, 5.74) is -3.43. The molecule has 0 bridgehead atoms. The highest BCUT2D eigenvalue weighted by molar-refractivity contribution is 9.10. The molecule has 0 aliphatic rings. The topological polar surface area (TPSA) is 12.0 Å². The molecule has 1 aromatic carbocycles. The number of thioether (sulfide) groups is 1. The van der Waals surface area contributed by atoms with Crippen LogP contribution in [-0.2, 0) is 0 Å². The highest BCUT2D eigenvalue weighted by Gasteiger charge is 2.27. The minimum atomic E-state index is -4.16. The van der Waals surface area contributed by atoms with Crippen molar-refractivity contribution in [2.45, 2.75) is 5.51 Å². The quantitative estimate of drug-likeness (QED) is 0.796. The summed E-state index contributed by atoms with van der Waals surface area (Å²) in [5, 5.41) is 3.44. The van der Waals surface area contributed by atoms with Gasteiger partial charge in [-0.15, -0.1) is 0 Å². The molecule has 0 saturated heterocycles. The Hall–Kier alpha value is -0.0700. The molecule has 16 heavy (non-hydrogen) atoms. The first-order valence-corrected chi connectivity index (χ1v) is 6.44. The molecule has 0 radical (unpaired) electrons. The van der Waals surface area contributed by atoms with Crippen molar-refractivity contribution in [3.63, 3.8) is 0 Å². The van der Waals surface area contributed by atoms with Crippen LogP contribution >= 0.6 is 39.3 Å². The Labute approximate surface area is 109 Å². The number of benzene rings is 1. The summed E-state index contributed by atoms with van der Waals surface area (Å²) < 4.78 is 36.1. The largest absolute Gasteiger partial charge is 0.441 e. The lowest BCUT2D eigenvalue weighted by molar-refractivity contribution is -0.0327. The molecular formula is C9H8BrClF3NS. The van der Waals surface area contributed by atoms with Gasteiger partial charge >= 0.3 is 5.51 Å². The molecule has 90 valence electrons. The standard InChI is InChI=1S/C9H8BrClF3NS/c10-7-5-6(1-2-8(7)11)15-3-4-16-9(12,13)14/h1-2,5,15H,3-4H2. The molecule has 0 aliphatic carbocycles. The van der Waals surface area contributed by atoms with Gasteiger partial charge in [-0.1, -0.05) is 11.6 Å². The van der Waals surface area contributed by atoms with Crippen molar-refractivity contribution < 1.29 is 13.2 Å². The van der Waals surface area contributed by atoms with E-state index in [1.54, 1.807) is 18.2 Å². The summed E-state index contributed by atoms with van der Waals surface area (Å²) >= 11 is 8.96. The Morgan fingerprint density at radius 3 is 2.62 bits per heavy atom. The Bertz CT molecular complexity index is 359. The SMILES string of the molecule is FC(F)(F)SCCNc1ccc(Cl)c(Br)c1. The maximum Gasteiger partial charge on any atom is 0.441 e. The van der Waals surface area contributed by atoms with E-state index < -0.39 is 5.51 Å². The van der Waals surface area contributed by atoms with Crippen LogP contribution in [0.4, 0.5) is 18.9 Å². The van der Waals surface area contributed by atoms with Crippen LogP contribution in [0.2, 0.25) is 5.02 Å². The van der Waals surface area contributed by atoms with Crippen molar-refractivity contribution in [1.82, 2.24) is 0 Å². The normalized spacial score (nSPS) is 11.6. The van der Waals surface area contributed by atoms with E-state index in [1.807, 2.05) is 0 Å². The molecule has 0 aromatic heterocycles. The zero-order valence-corrected chi connectivity index (χ0v) is 11.1. The Kier molecular flexibility index (Phi) is 5.27. The zero-order chi connectivity index (χ0) is 12.2. The highest BCUT2D eigenvalue weighted by Crippen LogP contribution is 2.30. The van der Waals surface area contributed by atoms with Gasteiger partial charge in [0.05, 0.1) is 5.02 Å². The Morgan fingerprint density at radius 2 is 2.06 bits per heavy atom. The molecule has 1 N–H and O–H groups in total. The summed E-state index contributed by atoms with van der Waals surface area (Å²) in [7, 11) is 0.